The molecule has 2 rings (SSSR count). The fourth-order valence-corrected chi connectivity index (χ4v) is 3.06. The van der Waals surface area contributed by atoms with Crippen molar-refractivity contribution in [1.29, 1.82) is 0 Å². The van der Waals surface area contributed by atoms with Crippen LogP contribution in [0.3, 0.4) is 0 Å². The van der Waals surface area contributed by atoms with Crippen molar-refractivity contribution in [1.82, 2.24) is 20.7 Å². The van der Waals surface area contributed by atoms with Crippen LogP contribution in [-0.2, 0) is 17.8 Å². The SMILES string of the molecule is CCC(CC)c1cc(CNC(=NCC(=O)N(C)C)NCCc2ccc(OC)cc2)on1.I. The normalized spacial score (nSPS) is 11.1. The highest BCUT2D eigenvalue weighted by Gasteiger charge is 2.13. The number of nitrogens with zero attached hydrogens (tertiary/aromatic N) is 3. The van der Waals surface area contributed by atoms with Crippen LogP contribution in [-0.4, -0.2) is 56.2 Å². The molecule has 0 atom stereocenters. The standard InChI is InChI=1S/C23H35N5O3.HI/c1-6-18(7-2)21-14-20(31-27-21)15-25-23(26-16-22(29)28(3)4)24-13-12-17-8-10-19(30-5)11-9-17;/h8-11,14,18H,6-7,12-13,15-16H2,1-5H3,(H2,24,25,26);1H. The molecule has 2 aromatic rings. The van der Waals surface area contributed by atoms with Crippen LogP contribution >= 0.6 is 24.0 Å². The van der Waals surface area contributed by atoms with Crippen LogP contribution in [0, 0.1) is 0 Å². The number of hydrogen-bond donors (Lipinski definition) is 2. The molecule has 9 heteroatoms. The molecule has 0 bridgehead atoms. The smallest absolute Gasteiger partial charge is 0.243 e. The lowest BCUT2D eigenvalue weighted by molar-refractivity contribution is -0.127. The van der Waals surface area contributed by atoms with Crippen molar-refractivity contribution in [2.75, 3.05) is 34.3 Å². The third kappa shape index (κ3) is 9.05. The van der Waals surface area contributed by atoms with Crippen molar-refractivity contribution in [2.24, 2.45) is 4.99 Å². The van der Waals surface area contributed by atoms with E-state index < -0.39 is 0 Å². The molecule has 8 nitrogen and oxygen atoms in total. The lowest BCUT2D eigenvalue weighted by Gasteiger charge is -2.13. The number of hydrogen-bond acceptors (Lipinski definition) is 5. The molecule has 0 aliphatic carbocycles. The molecule has 0 saturated carbocycles. The largest absolute Gasteiger partial charge is 0.497 e. The Hall–Kier alpha value is -2.30. The number of halogens is 1. The number of aromatic nitrogens is 1. The van der Waals surface area contributed by atoms with Gasteiger partial charge in [-0.15, -0.1) is 24.0 Å². The first kappa shape index (κ1) is 27.7. The van der Waals surface area contributed by atoms with Gasteiger partial charge in [-0.05, 0) is 37.0 Å². The van der Waals surface area contributed by atoms with Crippen molar-refractivity contribution in [3.63, 3.8) is 0 Å². The number of aliphatic imine (C=N–C) groups is 1. The molecular weight excluding hydrogens is 521 g/mol. The molecule has 0 saturated heterocycles. The quantitative estimate of drug-likeness (QED) is 0.250. The van der Waals surface area contributed by atoms with Gasteiger partial charge in [-0.2, -0.15) is 0 Å². The molecule has 0 radical (unpaired) electrons. The molecule has 0 spiro atoms. The molecule has 1 heterocycles. The molecule has 1 aromatic heterocycles. The summed E-state index contributed by atoms with van der Waals surface area (Å²) in [5.41, 5.74) is 2.16. The molecule has 2 N–H and O–H groups in total. The van der Waals surface area contributed by atoms with Gasteiger partial charge in [0, 0.05) is 32.6 Å². The minimum absolute atomic E-state index is 0. The van der Waals surface area contributed by atoms with E-state index in [0.29, 0.717) is 25.0 Å². The maximum absolute atomic E-state index is 11.9. The van der Waals surface area contributed by atoms with E-state index in [9.17, 15) is 4.79 Å². The van der Waals surface area contributed by atoms with Gasteiger partial charge in [-0.3, -0.25) is 4.79 Å². The zero-order chi connectivity index (χ0) is 22.6. The second-order valence-corrected chi connectivity index (χ2v) is 7.56. The fraction of sp³-hybridized carbons (Fsp3) is 0.522. The monoisotopic (exact) mass is 557 g/mol. The second-order valence-electron chi connectivity index (χ2n) is 7.56. The van der Waals surface area contributed by atoms with Gasteiger partial charge in [0.15, 0.2) is 11.7 Å². The maximum atomic E-state index is 11.9. The average molecular weight is 557 g/mol. The number of methoxy groups -OCH3 is 1. The zero-order valence-corrected chi connectivity index (χ0v) is 22.0. The fourth-order valence-electron chi connectivity index (χ4n) is 3.06. The van der Waals surface area contributed by atoms with E-state index in [-0.39, 0.29) is 36.4 Å². The molecular formula is C23H36IN5O3. The van der Waals surface area contributed by atoms with E-state index in [1.807, 2.05) is 30.3 Å². The van der Waals surface area contributed by atoms with Crippen LogP contribution in [0.2, 0.25) is 0 Å². The van der Waals surface area contributed by atoms with Crippen LogP contribution in [0.5, 0.6) is 5.75 Å². The summed E-state index contributed by atoms with van der Waals surface area (Å²) < 4.78 is 10.7. The Kier molecular flexibility index (Phi) is 12.7. The minimum Gasteiger partial charge on any atom is -0.497 e. The van der Waals surface area contributed by atoms with Crippen LogP contribution in [0.15, 0.2) is 39.8 Å². The molecule has 0 aliphatic rings. The van der Waals surface area contributed by atoms with Crippen molar-refractivity contribution in [2.45, 2.75) is 45.6 Å². The number of carbonyl (C=O) groups is 1. The Morgan fingerprint density at radius 3 is 2.47 bits per heavy atom. The third-order valence-corrected chi connectivity index (χ3v) is 5.15. The van der Waals surface area contributed by atoms with Gasteiger partial charge in [0.25, 0.3) is 0 Å². The summed E-state index contributed by atoms with van der Waals surface area (Å²) in [5.74, 6) is 2.48. The Balaban J connectivity index is 0.00000512. The van der Waals surface area contributed by atoms with Crippen molar-refractivity contribution in [3.05, 3.63) is 47.3 Å². The highest BCUT2D eigenvalue weighted by Crippen LogP contribution is 2.22. The van der Waals surface area contributed by atoms with Crippen molar-refractivity contribution < 1.29 is 14.1 Å². The lowest BCUT2D eigenvalue weighted by Crippen LogP contribution is -2.39. The van der Waals surface area contributed by atoms with Gasteiger partial charge in [-0.25, -0.2) is 4.99 Å². The van der Waals surface area contributed by atoms with E-state index >= 15 is 0 Å². The summed E-state index contributed by atoms with van der Waals surface area (Å²) >= 11 is 0. The number of carbonyl (C=O) groups excluding carboxylic acids is 1. The molecule has 0 aliphatic heterocycles. The number of ether oxygens (including phenoxy) is 1. The number of likely N-dealkylation sites (N-methyl/N-ethyl adjacent to an activating group) is 1. The van der Waals surface area contributed by atoms with E-state index in [1.54, 1.807) is 21.2 Å². The minimum atomic E-state index is -0.0630. The van der Waals surface area contributed by atoms with Gasteiger partial charge in [0.2, 0.25) is 5.91 Å². The Labute approximate surface area is 208 Å². The predicted molar refractivity (Wildman–Crippen MR) is 138 cm³/mol. The second kappa shape index (κ2) is 14.7. The molecule has 1 amide bonds. The summed E-state index contributed by atoms with van der Waals surface area (Å²) in [5, 5.41) is 10.7. The van der Waals surface area contributed by atoms with Gasteiger partial charge >= 0.3 is 0 Å². The van der Waals surface area contributed by atoms with E-state index in [2.05, 4.69) is 34.6 Å². The Bertz CT molecular complexity index is 832. The van der Waals surface area contributed by atoms with Gasteiger partial charge in [0.1, 0.15) is 12.3 Å². The third-order valence-electron chi connectivity index (χ3n) is 5.15. The molecule has 178 valence electrons. The van der Waals surface area contributed by atoms with Gasteiger partial charge in [-0.1, -0.05) is 31.1 Å². The van der Waals surface area contributed by atoms with E-state index in [4.69, 9.17) is 9.26 Å². The van der Waals surface area contributed by atoms with Crippen LogP contribution < -0.4 is 15.4 Å². The first-order valence-electron chi connectivity index (χ1n) is 10.8. The van der Waals surface area contributed by atoms with E-state index in [0.717, 1.165) is 36.5 Å². The highest BCUT2D eigenvalue weighted by molar-refractivity contribution is 14.0. The first-order valence-corrected chi connectivity index (χ1v) is 10.8. The molecule has 0 unspecified atom stereocenters. The van der Waals surface area contributed by atoms with Crippen LogP contribution in [0.1, 0.15) is 49.6 Å². The van der Waals surface area contributed by atoms with Gasteiger partial charge in [0.05, 0.1) is 19.3 Å². The van der Waals surface area contributed by atoms with Crippen LogP contribution in [0.25, 0.3) is 0 Å². The Morgan fingerprint density at radius 2 is 1.88 bits per heavy atom. The first-order chi connectivity index (χ1) is 15.0. The van der Waals surface area contributed by atoms with Gasteiger partial charge < -0.3 is 24.8 Å². The van der Waals surface area contributed by atoms with E-state index in [1.165, 1.54) is 10.5 Å². The molecule has 32 heavy (non-hydrogen) atoms. The number of rotatable bonds is 11. The number of amides is 1. The van der Waals surface area contributed by atoms with Crippen molar-refractivity contribution in [3.8, 4) is 5.75 Å². The lowest BCUT2D eigenvalue weighted by atomic mass is 9.99. The number of benzene rings is 1. The summed E-state index contributed by atoms with van der Waals surface area (Å²) in [6.07, 6.45) is 2.87. The zero-order valence-electron chi connectivity index (χ0n) is 19.7. The number of nitrogens with one attached hydrogen (secondary N) is 2. The number of guanidine groups is 1. The maximum Gasteiger partial charge on any atom is 0.243 e. The predicted octanol–water partition coefficient (Wildman–Crippen LogP) is 3.57. The summed E-state index contributed by atoms with van der Waals surface area (Å²) in [6.45, 7) is 5.49. The topological polar surface area (TPSA) is 92.0 Å². The molecule has 0 fully saturated rings. The Morgan fingerprint density at radius 1 is 1.19 bits per heavy atom. The summed E-state index contributed by atoms with van der Waals surface area (Å²) in [4.78, 5) is 17.9. The summed E-state index contributed by atoms with van der Waals surface area (Å²) in [7, 11) is 5.09. The summed E-state index contributed by atoms with van der Waals surface area (Å²) in [6, 6.07) is 9.95. The van der Waals surface area contributed by atoms with Crippen molar-refractivity contribution >= 4 is 35.8 Å². The highest BCUT2D eigenvalue weighted by atomic mass is 127. The average Bonchev–Trinajstić information content (AvgIpc) is 3.25. The van der Waals surface area contributed by atoms with Crippen LogP contribution in [0.4, 0.5) is 0 Å². The molecule has 1 aromatic carbocycles.